The van der Waals surface area contributed by atoms with Crippen molar-refractivity contribution in [3.8, 4) is 11.5 Å². The second kappa shape index (κ2) is 8.54. The smallest absolute Gasteiger partial charge is 0.328 e. The van der Waals surface area contributed by atoms with E-state index in [1.165, 1.54) is 4.90 Å². The molecule has 0 saturated carbocycles. The minimum Gasteiger partial charge on any atom is -0.497 e. The van der Waals surface area contributed by atoms with Crippen molar-refractivity contribution in [1.29, 1.82) is 0 Å². The fraction of sp³-hybridized carbons (Fsp3) is 0.529. The third-order valence-corrected chi connectivity index (χ3v) is 4.06. The number of carbonyl (C=O) groups excluding carboxylic acids is 1. The van der Waals surface area contributed by atoms with E-state index in [2.05, 4.69) is 0 Å². The molecule has 1 unspecified atom stereocenters. The van der Waals surface area contributed by atoms with E-state index >= 15 is 0 Å². The molecule has 1 fully saturated rings. The van der Waals surface area contributed by atoms with E-state index in [9.17, 15) is 14.7 Å². The lowest BCUT2D eigenvalue weighted by atomic mass is 10.1. The van der Waals surface area contributed by atoms with Gasteiger partial charge in [-0.05, 0) is 24.5 Å². The van der Waals surface area contributed by atoms with Gasteiger partial charge in [0.2, 0.25) is 5.91 Å². The van der Waals surface area contributed by atoms with E-state index in [1.807, 2.05) is 12.1 Å². The quantitative estimate of drug-likeness (QED) is 0.808. The number of rotatable bonds is 7. The number of aryl methyl sites for hydroxylation is 1. The normalized spacial score (nSPS) is 17.4. The van der Waals surface area contributed by atoms with Gasteiger partial charge in [0.05, 0.1) is 27.4 Å². The van der Waals surface area contributed by atoms with Crippen LogP contribution in [0.1, 0.15) is 18.4 Å². The fourth-order valence-electron chi connectivity index (χ4n) is 2.74. The molecular weight excluding hydrogens is 314 g/mol. The van der Waals surface area contributed by atoms with Crippen molar-refractivity contribution >= 4 is 11.9 Å². The molecule has 0 spiro atoms. The van der Waals surface area contributed by atoms with Crippen LogP contribution in [0, 0.1) is 0 Å². The lowest BCUT2D eigenvalue weighted by Crippen LogP contribution is -2.52. The van der Waals surface area contributed by atoms with Crippen molar-refractivity contribution < 1.29 is 28.9 Å². The van der Waals surface area contributed by atoms with Crippen LogP contribution in [0.15, 0.2) is 18.2 Å². The van der Waals surface area contributed by atoms with Crippen LogP contribution in [0.25, 0.3) is 0 Å². The Balaban J connectivity index is 1.91. The largest absolute Gasteiger partial charge is 0.497 e. The summed E-state index contributed by atoms with van der Waals surface area (Å²) in [6, 6.07) is 4.68. The predicted octanol–water partition coefficient (Wildman–Crippen LogP) is 1.34. The standard InChI is InChI=1S/C17H23NO6/c1-22-13-7-6-12(15(10-13)23-2)4-3-5-16(19)18-8-9-24-11-14(18)17(20)21/h6-7,10,14H,3-5,8-9,11H2,1-2H3,(H,20,21). The van der Waals surface area contributed by atoms with Gasteiger partial charge in [-0.25, -0.2) is 4.79 Å². The van der Waals surface area contributed by atoms with Gasteiger partial charge in [-0.15, -0.1) is 0 Å². The van der Waals surface area contributed by atoms with Crippen LogP contribution in [-0.4, -0.2) is 61.9 Å². The molecule has 2 rings (SSSR count). The number of hydrogen-bond acceptors (Lipinski definition) is 5. The van der Waals surface area contributed by atoms with Crippen LogP contribution >= 0.6 is 0 Å². The van der Waals surface area contributed by atoms with E-state index in [1.54, 1.807) is 20.3 Å². The van der Waals surface area contributed by atoms with Gasteiger partial charge in [-0.2, -0.15) is 0 Å². The molecule has 7 heteroatoms. The van der Waals surface area contributed by atoms with Crippen LogP contribution in [0.3, 0.4) is 0 Å². The highest BCUT2D eigenvalue weighted by Crippen LogP contribution is 2.26. The zero-order valence-electron chi connectivity index (χ0n) is 14.0. The highest BCUT2D eigenvalue weighted by atomic mass is 16.5. The van der Waals surface area contributed by atoms with E-state index < -0.39 is 12.0 Å². The Labute approximate surface area is 141 Å². The highest BCUT2D eigenvalue weighted by Gasteiger charge is 2.32. The van der Waals surface area contributed by atoms with Gasteiger partial charge in [0.25, 0.3) is 0 Å². The number of ether oxygens (including phenoxy) is 3. The molecule has 1 atom stereocenters. The lowest BCUT2D eigenvalue weighted by Gasteiger charge is -2.32. The van der Waals surface area contributed by atoms with Crippen molar-refractivity contribution in [2.75, 3.05) is 34.0 Å². The van der Waals surface area contributed by atoms with Crippen LogP contribution < -0.4 is 9.47 Å². The second-order valence-corrected chi connectivity index (χ2v) is 5.55. The summed E-state index contributed by atoms with van der Waals surface area (Å²) < 4.78 is 15.6. The molecule has 24 heavy (non-hydrogen) atoms. The summed E-state index contributed by atoms with van der Waals surface area (Å²) >= 11 is 0. The van der Waals surface area contributed by atoms with Gasteiger partial charge in [0.15, 0.2) is 6.04 Å². The van der Waals surface area contributed by atoms with Gasteiger partial charge >= 0.3 is 5.97 Å². The Morgan fingerprint density at radius 2 is 2.12 bits per heavy atom. The Bertz CT molecular complexity index is 588. The molecule has 1 aliphatic heterocycles. The van der Waals surface area contributed by atoms with Crippen LogP contribution in [0.5, 0.6) is 11.5 Å². The summed E-state index contributed by atoms with van der Waals surface area (Å²) in [5.74, 6) is 0.249. The lowest BCUT2D eigenvalue weighted by molar-refractivity contribution is -0.158. The molecule has 0 bridgehead atoms. The zero-order chi connectivity index (χ0) is 17.5. The first kappa shape index (κ1) is 18.1. The first-order valence-electron chi connectivity index (χ1n) is 7.87. The Morgan fingerprint density at radius 1 is 1.33 bits per heavy atom. The number of carboxylic acid groups (broad SMARTS) is 1. The summed E-state index contributed by atoms with van der Waals surface area (Å²) in [6.07, 6.45) is 1.57. The Hall–Kier alpha value is -2.28. The number of morpholine rings is 1. The maximum absolute atomic E-state index is 12.3. The molecule has 1 N–H and O–H groups in total. The number of hydrogen-bond donors (Lipinski definition) is 1. The van der Waals surface area contributed by atoms with Gasteiger partial charge in [-0.3, -0.25) is 4.79 Å². The number of carboxylic acids is 1. The molecule has 0 aliphatic carbocycles. The van der Waals surface area contributed by atoms with Crippen LogP contribution in [0.2, 0.25) is 0 Å². The molecule has 0 aromatic heterocycles. The molecule has 0 radical (unpaired) electrons. The fourth-order valence-corrected chi connectivity index (χ4v) is 2.74. The number of carbonyl (C=O) groups is 2. The number of amides is 1. The van der Waals surface area contributed by atoms with E-state index in [0.29, 0.717) is 38.2 Å². The molecule has 7 nitrogen and oxygen atoms in total. The summed E-state index contributed by atoms with van der Waals surface area (Å²) in [6.45, 7) is 0.747. The van der Waals surface area contributed by atoms with Gasteiger partial charge in [0.1, 0.15) is 11.5 Å². The van der Waals surface area contributed by atoms with E-state index in [-0.39, 0.29) is 12.5 Å². The molecule has 1 aromatic carbocycles. The Kier molecular flexibility index (Phi) is 6.43. The number of methoxy groups -OCH3 is 2. The molecule has 1 amide bonds. The maximum Gasteiger partial charge on any atom is 0.328 e. The molecule has 132 valence electrons. The van der Waals surface area contributed by atoms with Crippen molar-refractivity contribution in [1.82, 2.24) is 4.90 Å². The highest BCUT2D eigenvalue weighted by molar-refractivity contribution is 5.84. The second-order valence-electron chi connectivity index (χ2n) is 5.55. The molecule has 1 aromatic rings. The zero-order valence-corrected chi connectivity index (χ0v) is 14.0. The first-order valence-corrected chi connectivity index (χ1v) is 7.87. The molecule has 1 heterocycles. The molecule has 1 saturated heterocycles. The molecular formula is C17H23NO6. The minimum absolute atomic E-state index is 0.0490. The van der Waals surface area contributed by atoms with E-state index in [0.717, 1.165) is 11.3 Å². The topological polar surface area (TPSA) is 85.3 Å². The summed E-state index contributed by atoms with van der Waals surface area (Å²) in [7, 11) is 3.18. The predicted molar refractivity (Wildman–Crippen MR) is 86.4 cm³/mol. The average Bonchev–Trinajstić information content (AvgIpc) is 2.61. The third kappa shape index (κ3) is 4.38. The van der Waals surface area contributed by atoms with Crippen LogP contribution in [-0.2, 0) is 20.7 Å². The van der Waals surface area contributed by atoms with Gasteiger partial charge < -0.3 is 24.2 Å². The van der Waals surface area contributed by atoms with Crippen molar-refractivity contribution in [2.45, 2.75) is 25.3 Å². The third-order valence-electron chi connectivity index (χ3n) is 4.06. The van der Waals surface area contributed by atoms with Crippen LogP contribution in [0.4, 0.5) is 0 Å². The van der Waals surface area contributed by atoms with Crippen molar-refractivity contribution in [3.63, 3.8) is 0 Å². The monoisotopic (exact) mass is 337 g/mol. The number of nitrogens with zero attached hydrogens (tertiary/aromatic N) is 1. The van der Waals surface area contributed by atoms with Crippen molar-refractivity contribution in [3.05, 3.63) is 23.8 Å². The maximum atomic E-state index is 12.3. The SMILES string of the molecule is COc1ccc(CCCC(=O)N2CCOCC2C(=O)O)c(OC)c1. The van der Waals surface area contributed by atoms with Gasteiger partial charge in [-0.1, -0.05) is 6.07 Å². The number of aliphatic carboxylic acids is 1. The van der Waals surface area contributed by atoms with Crippen molar-refractivity contribution in [2.24, 2.45) is 0 Å². The average molecular weight is 337 g/mol. The first-order chi connectivity index (χ1) is 11.6. The summed E-state index contributed by atoms with van der Waals surface area (Å²) in [5.41, 5.74) is 0.989. The molecule has 1 aliphatic rings. The summed E-state index contributed by atoms with van der Waals surface area (Å²) in [5, 5.41) is 9.18. The van der Waals surface area contributed by atoms with E-state index in [4.69, 9.17) is 14.2 Å². The Morgan fingerprint density at radius 3 is 2.79 bits per heavy atom. The number of benzene rings is 1. The van der Waals surface area contributed by atoms with Gasteiger partial charge in [0, 0.05) is 19.0 Å². The minimum atomic E-state index is -1.03. The summed E-state index contributed by atoms with van der Waals surface area (Å²) in [4.78, 5) is 24.9.